The van der Waals surface area contributed by atoms with E-state index in [1.54, 1.807) is 11.3 Å². The molecule has 0 atom stereocenters. The maximum Gasteiger partial charge on any atom is 0.163 e. The van der Waals surface area contributed by atoms with Crippen LogP contribution in [-0.4, -0.2) is 11.5 Å². The largest absolute Gasteiger partial charge is 0.457 e. The van der Waals surface area contributed by atoms with Crippen molar-refractivity contribution in [3.8, 4) is 10.8 Å². The number of thiazole rings is 1. The fourth-order valence-corrected chi connectivity index (χ4v) is 2.88. The van der Waals surface area contributed by atoms with Crippen LogP contribution >= 0.6 is 11.3 Å². The Morgan fingerprint density at radius 1 is 1.21 bits per heavy atom. The molecule has 0 aliphatic heterocycles. The summed E-state index contributed by atoms with van der Waals surface area (Å²) in [4.78, 5) is 4.60. The van der Waals surface area contributed by atoms with Gasteiger partial charge in [-0.2, -0.15) is 0 Å². The van der Waals surface area contributed by atoms with Crippen LogP contribution in [0.3, 0.4) is 0 Å². The molecule has 0 bridgehead atoms. The molecule has 0 fully saturated rings. The van der Waals surface area contributed by atoms with Gasteiger partial charge in [0.05, 0.1) is 16.8 Å². The first-order valence-electron chi connectivity index (χ1n) is 6.52. The molecular formula is C15H16N2OS. The van der Waals surface area contributed by atoms with Crippen molar-refractivity contribution in [2.24, 2.45) is 0 Å². The van der Waals surface area contributed by atoms with Crippen molar-refractivity contribution < 1.29 is 4.42 Å². The maximum atomic E-state index is 5.83. The first-order chi connectivity index (χ1) is 9.36. The third-order valence-electron chi connectivity index (χ3n) is 2.89. The van der Waals surface area contributed by atoms with E-state index in [1.165, 1.54) is 4.70 Å². The highest BCUT2D eigenvalue weighted by Gasteiger charge is 2.09. The van der Waals surface area contributed by atoms with Crippen molar-refractivity contribution in [2.75, 3.05) is 6.54 Å². The highest BCUT2D eigenvalue weighted by Crippen LogP contribution is 2.30. The van der Waals surface area contributed by atoms with Crippen molar-refractivity contribution in [3.05, 3.63) is 42.2 Å². The normalized spacial score (nSPS) is 11.2. The zero-order valence-corrected chi connectivity index (χ0v) is 11.7. The van der Waals surface area contributed by atoms with Crippen molar-refractivity contribution in [1.82, 2.24) is 10.3 Å². The molecule has 3 aromatic rings. The van der Waals surface area contributed by atoms with Crippen molar-refractivity contribution in [2.45, 2.75) is 19.9 Å². The van der Waals surface area contributed by atoms with Gasteiger partial charge in [0.25, 0.3) is 0 Å². The molecule has 98 valence electrons. The lowest BCUT2D eigenvalue weighted by atomic mass is 10.3. The summed E-state index contributed by atoms with van der Waals surface area (Å²) in [5.74, 6) is 1.82. The van der Waals surface area contributed by atoms with E-state index in [0.717, 1.165) is 41.6 Å². The predicted molar refractivity (Wildman–Crippen MR) is 79.3 cm³/mol. The Morgan fingerprint density at radius 3 is 2.95 bits per heavy atom. The molecule has 3 rings (SSSR count). The Kier molecular flexibility index (Phi) is 3.62. The molecule has 0 unspecified atom stereocenters. The van der Waals surface area contributed by atoms with Crippen LogP contribution < -0.4 is 5.32 Å². The average molecular weight is 272 g/mol. The van der Waals surface area contributed by atoms with Crippen LogP contribution in [0.1, 0.15) is 19.1 Å². The van der Waals surface area contributed by atoms with E-state index >= 15 is 0 Å². The van der Waals surface area contributed by atoms with Crippen LogP contribution in [0.15, 0.2) is 40.8 Å². The van der Waals surface area contributed by atoms with Gasteiger partial charge in [-0.05, 0) is 37.2 Å². The molecule has 0 saturated carbocycles. The molecule has 3 nitrogen and oxygen atoms in total. The summed E-state index contributed by atoms with van der Waals surface area (Å²) in [6, 6.07) is 12.2. The summed E-state index contributed by atoms with van der Waals surface area (Å²) in [6.45, 7) is 3.94. The molecule has 1 N–H and O–H groups in total. The zero-order valence-electron chi connectivity index (χ0n) is 10.8. The lowest BCUT2D eigenvalue weighted by molar-refractivity contribution is 0.493. The van der Waals surface area contributed by atoms with Gasteiger partial charge in [-0.3, -0.25) is 0 Å². The minimum atomic E-state index is 0.777. The van der Waals surface area contributed by atoms with Crippen molar-refractivity contribution in [3.63, 3.8) is 0 Å². The van der Waals surface area contributed by atoms with Gasteiger partial charge >= 0.3 is 0 Å². The van der Waals surface area contributed by atoms with Crippen molar-refractivity contribution in [1.29, 1.82) is 0 Å². The van der Waals surface area contributed by atoms with Crippen LogP contribution in [0.5, 0.6) is 0 Å². The molecule has 0 radical (unpaired) electrons. The fourth-order valence-electron chi connectivity index (χ4n) is 1.95. The smallest absolute Gasteiger partial charge is 0.163 e. The van der Waals surface area contributed by atoms with Gasteiger partial charge in [-0.15, -0.1) is 11.3 Å². The van der Waals surface area contributed by atoms with Gasteiger partial charge in [0, 0.05) is 0 Å². The maximum absolute atomic E-state index is 5.83. The van der Waals surface area contributed by atoms with E-state index in [0.29, 0.717) is 0 Å². The Hall–Kier alpha value is -1.65. The van der Waals surface area contributed by atoms with E-state index in [2.05, 4.69) is 23.3 Å². The first kappa shape index (κ1) is 12.4. The monoisotopic (exact) mass is 272 g/mol. The molecule has 1 aromatic carbocycles. The Morgan fingerprint density at radius 2 is 2.11 bits per heavy atom. The van der Waals surface area contributed by atoms with E-state index in [9.17, 15) is 0 Å². The Labute approximate surface area is 116 Å². The number of nitrogens with zero attached hydrogens (tertiary/aromatic N) is 1. The van der Waals surface area contributed by atoms with Crippen molar-refractivity contribution >= 4 is 21.6 Å². The highest BCUT2D eigenvalue weighted by molar-refractivity contribution is 7.21. The average Bonchev–Trinajstić information content (AvgIpc) is 3.04. The molecule has 19 heavy (non-hydrogen) atoms. The quantitative estimate of drug-likeness (QED) is 0.712. The molecule has 0 aliphatic rings. The van der Waals surface area contributed by atoms with Gasteiger partial charge in [0.15, 0.2) is 10.8 Å². The molecule has 0 spiro atoms. The first-order valence-corrected chi connectivity index (χ1v) is 7.34. The second-order valence-electron chi connectivity index (χ2n) is 4.43. The minimum absolute atomic E-state index is 0.777. The van der Waals surface area contributed by atoms with Gasteiger partial charge in [-0.1, -0.05) is 19.1 Å². The number of benzene rings is 1. The number of nitrogens with one attached hydrogen (secondary N) is 1. The molecule has 0 amide bonds. The van der Waals surface area contributed by atoms with Crippen LogP contribution in [0.2, 0.25) is 0 Å². The molecule has 0 aliphatic carbocycles. The molecule has 4 heteroatoms. The van der Waals surface area contributed by atoms with E-state index in [4.69, 9.17) is 4.42 Å². The number of hydrogen-bond acceptors (Lipinski definition) is 4. The van der Waals surface area contributed by atoms with Crippen LogP contribution in [-0.2, 0) is 6.54 Å². The molecule has 0 saturated heterocycles. The van der Waals surface area contributed by atoms with Crippen LogP contribution in [0, 0.1) is 0 Å². The van der Waals surface area contributed by atoms with Gasteiger partial charge in [0.2, 0.25) is 0 Å². The minimum Gasteiger partial charge on any atom is -0.457 e. The van der Waals surface area contributed by atoms with Gasteiger partial charge in [0.1, 0.15) is 5.76 Å². The summed E-state index contributed by atoms with van der Waals surface area (Å²) in [5, 5.41) is 4.28. The number of furan rings is 1. The van der Waals surface area contributed by atoms with E-state index in [1.807, 2.05) is 30.3 Å². The number of fused-ring (bicyclic) bond motifs is 1. The third-order valence-corrected chi connectivity index (χ3v) is 3.94. The Bertz CT molecular complexity index is 638. The third kappa shape index (κ3) is 2.69. The summed E-state index contributed by atoms with van der Waals surface area (Å²) >= 11 is 1.67. The molecular weight excluding hydrogens is 256 g/mol. The topological polar surface area (TPSA) is 38.1 Å². The zero-order chi connectivity index (χ0) is 13.1. The number of rotatable bonds is 5. The predicted octanol–water partition coefficient (Wildman–Crippen LogP) is 4.06. The summed E-state index contributed by atoms with van der Waals surface area (Å²) in [5.41, 5.74) is 1.03. The summed E-state index contributed by atoms with van der Waals surface area (Å²) < 4.78 is 7.03. The molecule has 2 aromatic heterocycles. The standard InChI is InChI=1S/C15H16N2OS/c1-2-9-16-10-11-7-8-13(18-11)15-17-12-5-3-4-6-14(12)19-15/h3-8,16H,2,9-10H2,1H3. The van der Waals surface area contributed by atoms with Crippen LogP contribution in [0.25, 0.3) is 21.0 Å². The number of hydrogen-bond donors (Lipinski definition) is 1. The number of aromatic nitrogens is 1. The number of para-hydroxylation sites is 1. The SMILES string of the molecule is CCCNCc1ccc(-c2nc3ccccc3s2)o1. The second-order valence-corrected chi connectivity index (χ2v) is 5.46. The lowest BCUT2D eigenvalue weighted by Crippen LogP contribution is -2.12. The van der Waals surface area contributed by atoms with Gasteiger partial charge < -0.3 is 9.73 Å². The van der Waals surface area contributed by atoms with Gasteiger partial charge in [-0.25, -0.2) is 4.98 Å². The van der Waals surface area contributed by atoms with E-state index < -0.39 is 0 Å². The Balaban J connectivity index is 1.81. The summed E-state index contributed by atoms with van der Waals surface area (Å²) in [6.07, 6.45) is 1.13. The van der Waals surface area contributed by atoms with Crippen LogP contribution in [0.4, 0.5) is 0 Å². The summed E-state index contributed by atoms with van der Waals surface area (Å²) in [7, 11) is 0. The highest BCUT2D eigenvalue weighted by atomic mass is 32.1. The molecule has 2 heterocycles. The van der Waals surface area contributed by atoms with E-state index in [-0.39, 0.29) is 0 Å². The lowest BCUT2D eigenvalue weighted by Gasteiger charge is -1.98. The second kappa shape index (κ2) is 5.55. The fraction of sp³-hybridized carbons (Fsp3) is 0.267.